The Bertz CT molecular complexity index is 199. The predicted molar refractivity (Wildman–Crippen MR) is 46.1 cm³/mol. The SMILES string of the molecule is CC(CC#N)NC(=O)C(C)(C)N. The number of nitriles is 1. The molecule has 0 radical (unpaired) electrons. The number of carbonyl (C=O) groups excluding carboxylic acids is 1. The van der Waals surface area contributed by atoms with Crippen LogP contribution in [0.5, 0.6) is 0 Å². The number of hydrogen-bond donors (Lipinski definition) is 2. The van der Waals surface area contributed by atoms with E-state index >= 15 is 0 Å². The third-order valence-electron chi connectivity index (χ3n) is 1.36. The second-order valence-electron chi connectivity index (χ2n) is 3.46. The molecular formula is C8H15N3O. The summed E-state index contributed by atoms with van der Waals surface area (Å²) in [5.74, 6) is -0.231. The van der Waals surface area contributed by atoms with Gasteiger partial charge in [-0.15, -0.1) is 0 Å². The Morgan fingerprint density at radius 2 is 2.25 bits per heavy atom. The summed E-state index contributed by atoms with van der Waals surface area (Å²) in [5, 5.41) is 11.0. The molecule has 12 heavy (non-hydrogen) atoms. The Morgan fingerprint density at radius 1 is 1.75 bits per heavy atom. The molecule has 1 unspecified atom stereocenters. The zero-order chi connectivity index (χ0) is 9.78. The van der Waals surface area contributed by atoms with Crippen LogP contribution in [0.4, 0.5) is 0 Å². The van der Waals surface area contributed by atoms with Gasteiger partial charge in [0.2, 0.25) is 5.91 Å². The molecule has 0 saturated heterocycles. The van der Waals surface area contributed by atoms with Gasteiger partial charge in [0.25, 0.3) is 0 Å². The first-order valence-electron chi connectivity index (χ1n) is 3.84. The first-order valence-corrected chi connectivity index (χ1v) is 3.84. The van der Waals surface area contributed by atoms with Gasteiger partial charge in [0, 0.05) is 6.04 Å². The normalized spacial score (nSPS) is 13.2. The van der Waals surface area contributed by atoms with E-state index in [1.54, 1.807) is 20.8 Å². The molecule has 4 heteroatoms. The highest BCUT2D eigenvalue weighted by Crippen LogP contribution is 1.98. The summed E-state index contributed by atoms with van der Waals surface area (Å²) in [5.41, 5.74) is 4.66. The minimum Gasteiger partial charge on any atom is -0.351 e. The highest BCUT2D eigenvalue weighted by atomic mass is 16.2. The maximum absolute atomic E-state index is 11.2. The smallest absolute Gasteiger partial charge is 0.239 e. The summed E-state index contributed by atoms with van der Waals surface area (Å²) in [4.78, 5) is 11.2. The molecule has 0 saturated carbocycles. The lowest BCUT2D eigenvalue weighted by molar-refractivity contribution is -0.125. The average molecular weight is 169 g/mol. The molecule has 68 valence electrons. The third-order valence-corrected chi connectivity index (χ3v) is 1.36. The number of nitrogens with two attached hydrogens (primary N) is 1. The molecule has 0 aromatic rings. The van der Waals surface area contributed by atoms with Crippen molar-refractivity contribution in [1.29, 1.82) is 5.26 Å². The van der Waals surface area contributed by atoms with Gasteiger partial charge in [0.1, 0.15) is 0 Å². The van der Waals surface area contributed by atoms with Gasteiger partial charge in [-0.2, -0.15) is 5.26 Å². The monoisotopic (exact) mass is 169 g/mol. The van der Waals surface area contributed by atoms with Crippen LogP contribution in [-0.4, -0.2) is 17.5 Å². The van der Waals surface area contributed by atoms with Crippen molar-refractivity contribution in [3.8, 4) is 6.07 Å². The summed E-state index contributed by atoms with van der Waals surface area (Å²) in [6, 6.07) is 1.83. The molecule has 1 amide bonds. The number of amides is 1. The van der Waals surface area contributed by atoms with Gasteiger partial charge in [-0.1, -0.05) is 0 Å². The fourth-order valence-electron chi connectivity index (χ4n) is 0.598. The molecule has 0 heterocycles. The summed E-state index contributed by atoms with van der Waals surface area (Å²) >= 11 is 0. The van der Waals surface area contributed by atoms with E-state index in [4.69, 9.17) is 11.0 Å². The van der Waals surface area contributed by atoms with Crippen LogP contribution in [0, 0.1) is 11.3 Å². The van der Waals surface area contributed by atoms with Crippen molar-refractivity contribution in [2.75, 3.05) is 0 Å². The lowest BCUT2D eigenvalue weighted by Gasteiger charge is -2.20. The number of nitrogens with zero attached hydrogens (tertiary/aromatic N) is 1. The molecule has 1 atom stereocenters. The van der Waals surface area contributed by atoms with Crippen LogP contribution in [0.2, 0.25) is 0 Å². The van der Waals surface area contributed by atoms with Crippen LogP contribution in [-0.2, 0) is 4.79 Å². The molecule has 0 bridgehead atoms. The molecule has 0 aromatic heterocycles. The van der Waals surface area contributed by atoms with E-state index in [9.17, 15) is 4.79 Å². The van der Waals surface area contributed by atoms with Crippen LogP contribution in [0.1, 0.15) is 27.2 Å². The molecule has 0 aromatic carbocycles. The van der Waals surface area contributed by atoms with Crippen molar-refractivity contribution in [2.24, 2.45) is 5.73 Å². The molecular weight excluding hydrogens is 154 g/mol. The zero-order valence-corrected chi connectivity index (χ0v) is 7.72. The zero-order valence-electron chi connectivity index (χ0n) is 7.72. The van der Waals surface area contributed by atoms with Crippen LogP contribution < -0.4 is 11.1 Å². The predicted octanol–water partition coefficient (Wildman–Crippen LogP) is 0.142. The fraction of sp³-hybridized carbons (Fsp3) is 0.750. The van der Waals surface area contributed by atoms with Gasteiger partial charge in [-0.25, -0.2) is 0 Å². The number of nitrogens with one attached hydrogen (secondary N) is 1. The Balaban J connectivity index is 3.95. The van der Waals surface area contributed by atoms with E-state index in [1.165, 1.54) is 0 Å². The minimum absolute atomic E-state index is 0.134. The Labute approximate surface area is 72.7 Å². The Kier molecular flexibility index (Phi) is 3.71. The van der Waals surface area contributed by atoms with E-state index in [0.717, 1.165) is 0 Å². The van der Waals surface area contributed by atoms with Crippen LogP contribution in [0.15, 0.2) is 0 Å². The van der Waals surface area contributed by atoms with Gasteiger partial charge in [-0.3, -0.25) is 4.79 Å². The second kappa shape index (κ2) is 4.07. The molecule has 0 aliphatic carbocycles. The van der Waals surface area contributed by atoms with Gasteiger partial charge in [0.05, 0.1) is 18.0 Å². The molecule has 0 fully saturated rings. The summed E-state index contributed by atoms with van der Waals surface area (Å²) in [6.07, 6.45) is 0.307. The quantitative estimate of drug-likeness (QED) is 0.630. The number of rotatable bonds is 3. The molecule has 0 spiro atoms. The first-order chi connectivity index (χ1) is 5.38. The Morgan fingerprint density at radius 3 is 2.58 bits per heavy atom. The highest BCUT2D eigenvalue weighted by Gasteiger charge is 2.22. The van der Waals surface area contributed by atoms with E-state index in [1.807, 2.05) is 6.07 Å². The minimum atomic E-state index is -0.871. The highest BCUT2D eigenvalue weighted by molar-refractivity contribution is 5.85. The van der Waals surface area contributed by atoms with Crippen LogP contribution in [0.3, 0.4) is 0 Å². The second-order valence-corrected chi connectivity index (χ2v) is 3.46. The molecule has 3 N–H and O–H groups in total. The summed E-state index contributed by atoms with van der Waals surface area (Å²) in [6.45, 7) is 5.02. The average Bonchev–Trinajstić information content (AvgIpc) is 1.85. The summed E-state index contributed by atoms with van der Waals surface area (Å²) < 4.78 is 0. The largest absolute Gasteiger partial charge is 0.351 e. The lowest BCUT2D eigenvalue weighted by Crippen LogP contribution is -2.51. The number of hydrogen-bond acceptors (Lipinski definition) is 3. The van der Waals surface area contributed by atoms with Crippen molar-refractivity contribution in [3.63, 3.8) is 0 Å². The van der Waals surface area contributed by atoms with Crippen LogP contribution >= 0.6 is 0 Å². The van der Waals surface area contributed by atoms with Crippen LogP contribution in [0.25, 0.3) is 0 Å². The van der Waals surface area contributed by atoms with Gasteiger partial charge in [0.15, 0.2) is 0 Å². The van der Waals surface area contributed by atoms with Crippen molar-refractivity contribution in [3.05, 3.63) is 0 Å². The fourth-order valence-corrected chi connectivity index (χ4v) is 0.598. The van der Waals surface area contributed by atoms with Gasteiger partial charge in [-0.05, 0) is 20.8 Å². The Hall–Kier alpha value is -1.08. The van der Waals surface area contributed by atoms with Crippen molar-refractivity contribution >= 4 is 5.91 Å². The summed E-state index contributed by atoms with van der Waals surface area (Å²) in [7, 11) is 0. The van der Waals surface area contributed by atoms with Crippen molar-refractivity contribution in [1.82, 2.24) is 5.32 Å². The maximum atomic E-state index is 11.2. The number of carbonyl (C=O) groups is 1. The topological polar surface area (TPSA) is 78.9 Å². The molecule has 0 aliphatic heterocycles. The van der Waals surface area contributed by atoms with Crippen molar-refractivity contribution < 1.29 is 4.79 Å². The van der Waals surface area contributed by atoms with E-state index < -0.39 is 5.54 Å². The lowest BCUT2D eigenvalue weighted by atomic mass is 10.1. The maximum Gasteiger partial charge on any atom is 0.239 e. The standard InChI is InChI=1S/C8H15N3O/c1-6(4-5-9)11-7(12)8(2,3)10/h6H,4,10H2,1-3H3,(H,11,12). The van der Waals surface area contributed by atoms with E-state index in [-0.39, 0.29) is 11.9 Å². The van der Waals surface area contributed by atoms with Crippen molar-refractivity contribution in [2.45, 2.75) is 38.8 Å². The molecule has 0 rings (SSSR count). The first kappa shape index (κ1) is 10.9. The van der Waals surface area contributed by atoms with E-state index in [2.05, 4.69) is 5.32 Å². The van der Waals surface area contributed by atoms with Gasteiger partial charge < -0.3 is 11.1 Å². The van der Waals surface area contributed by atoms with E-state index in [0.29, 0.717) is 6.42 Å². The third kappa shape index (κ3) is 3.94. The molecule has 0 aliphatic rings. The molecule has 4 nitrogen and oxygen atoms in total. The van der Waals surface area contributed by atoms with Gasteiger partial charge >= 0.3 is 0 Å².